The molecule has 0 N–H and O–H groups in total. The van der Waals surface area contributed by atoms with E-state index in [9.17, 15) is 0 Å². The van der Waals surface area contributed by atoms with Gasteiger partial charge in [0.1, 0.15) is 0 Å². The molecule has 0 bridgehead atoms. The molecule has 0 aliphatic heterocycles. The van der Waals surface area contributed by atoms with Crippen molar-refractivity contribution in [2.45, 2.75) is 46.5 Å². The first-order valence-corrected chi connectivity index (χ1v) is 5.68. The van der Waals surface area contributed by atoms with Crippen LogP contribution < -0.4 is 0 Å². The number of hydrogen-bond donors (Lipinski definition) is 0. The van der Waals surface area contributed by atoms with E-state index in [0.29, 0.717) is 5.92 Å². The second kappa shape index (κ2) is 5.61. The van der Waals surface area contributed by atoms with Gasteiger partial charge in [-0.1, -0.05) is 32.0 Å². The average Bonchev–Trinajstić information content (AvgIpc) is 2.22. The minimum absolute atomic E-state index is 0.545. The second-order valence-electron chi connectivity index (χ2n) is 4.10. The minimum Gasteiger partial charge on any atom is -0.104 e. The largest absolute Gasteiger partial charge is 0.104 e. The molecule has 0 aromatic heterocycles. The zero-order valence-electron chi connectivity index (χ0n) is 10.2. The topological polar surface area (TPSA) is 0 Å². The van der Waals surface area contributed by atoms with Gasteiger partial charge in [-0.2, -0.15) is 0 Å². The minimum atomic E-state index is 0.545. The van der Waals surface area contributed by atoms with Crippen LogP contribution >= 0.6 is 0 Å². The first-order chi connectivity index (χ1) is 7.16. The molecule has 0 spiro atoms. The predicted molar refractivity (Wildman–Crippen MR) is 67.0 cm³/mol. The lowest BCUT2D eigenvalue weighted by Gasteiger charge is -2.13. The molecule has 1 unspecified atom stereocenters. The fraction of sp³-hybridized carbons (Fsp3) is 0.467. The van der Waals surface area contributed by atoms with E-state index in [1.807, 2.05) is 0 Å². The summed E-state index contributed by atoms with van der Waals surface area (Å²) in [5, 5.41) is 0. The van der Waals surface area contributed by atoms with Crippen LogP contribution in [0.1, 0.15) is 49.3 Å². The predicted octanol–water partition coefficient (Wildman–Crippen LogP) is 4.21. The molecule has 0 saturated carbocycles. The molecule has 0 fully saturated rings. The summed E-state index contributed by atoms with van der Waals surface area (Å²) in [6.45, 7) is 8.72. The van der Waals surface area contributed by atoms with Gasteiger partial charge in [0.2, 0.25) is 0 Å². The van der Waals surface area contributed by atoms with E-state index in [1.165, 1.54) is 16.7 Å². The number of benzene rings is 1. The van der Waals surface area contributed by atoms with Crippen LogP contribution in [0.2, 0.25) is 0 Å². The van der Waals surface area contributed by atoms with Crippen molar-refractivity contribution in [2.24, 2.45) is 0 Å². The second-order valence-corrected chi connectivity index (χ2v) is 4.10. The molecule has 0 aliphatic rings. The van der Waals surface area contributed by atoms with E-state index in [-0.39, 0.29) is 0 Å². The molecule has 1 aromatic rings. The summed E-state index contributed by atoms with van der Waals surface area (Å²) in [7, 11) is 0. The molecule has 0 aliphatic carbocycles. The van der Waals surface area contributed by atoms with Gasteiger partial charge in [0.25, 0.3) is 0 Å². The third-order valence-corrected chi connectivity index (χ3v) is 2.89. The maximum atomic E-state index is 3.23. The van der Waals surface area contributed by atoms with Crippen LogP contribution in [0.4, 0.5) is 0 Å². The molecule has 1 rings (SSSR count). The van der Waals surface area contributed by atoms with E-state index < -0.39 is 0 Å². The van der Waals surface area contributed by atoms with Gasteiger partial charge in [-0.25, -0.2) is 0 Å². The van der Waals surface area contributed by atoms with Crippen LogP contribution in [0.5, 0.6) is 0 Å². The fourth-order valence-electron chi connectivity index (χ4n) is 1.77. The lowest BCUT2D eigenvalue weighted by molar-refractivity contribution is 0.786. The fourth-order valence-corrected chi connectivity index (χ4v) is 1.77. The summed E-state index contributed by atoms with van der Waals surface area (Å²) in [5.41, 5.74) is 4.24. The van der Waals surface area contributed by atoms with Gasteiger partial charge in [0, 0.05) is 12.8 Å². The molecule has 1 atom stereocenters. The summed E-state index contributed by atoms with van der Waals surface area (Å²) in [6.07, 6.45) is 1.93. The Hall–Kier alpha value is -1.22. The van der Waals surface area contributed by atoms with Crippen molar-refractivity contribution in [2.75, 3.05) is 0 Å². The summed E-state index contributed by atoms with van der Waals surface area (Å²) in [4.78, 5) is 0. The highest BCUT2D eigenvalue weighted by atomic mass is 14.1. The highest BCUT2D eigenvalue weighted by molar-refractivity contribution is 5.35. The normalized spacial score (nSPS) is 11.7. The molecular weight excluding hydrogens is 180 g/mol. The lowest BCUT2D eigenvalue weighted by atomic mass is 9.91. The molecule has 0 amide bonds. The molecular formula is C15H20. The van der Waals surface area contributed by atoms with Gasteiger partial charge < -0.3 is 0 Å². The van der Waals surface area contributed by atoms with Crippen LogP contribution in [0, 0.1) is 25.7 Å². The van der Waals surface area contributed by atoms with Crippen LogP contribution in [0.3, 0.4) is 0 Å². The Labute approximate surface area is 93.7 Å². The van der Waals surface area contributed by atoms with E-state index >= 15 is 0 Å². The summed E-state index contributed by atoms with van der Waals surface area (Å²) in [6, 6.07) is 6.53. The molecule has 15 heavy (non-hydrogen) atoms. The third kappa shape index (κ3) is 3.13. The standard InChI is InChI=1S/C15H20/c1-5-6-7-9-13(3)15-11-8-10-12(2)14(15)4/h8,10-11,13H,5,9H2,1-4H3. The van der Waals surface area contributed by atoms with E-state index in [1.54, 1.807) is 0 Å². The van der Waals surface area contributed by atoms with E-state index in [4.69, 9.17) is 0 Å². The zero-order chi connectivity index (χ0) is 11.3. The molecule has 0 radical (unpaired) electrons. The highest BCUT2D eigenvalue weighted by Crippen LogP contribution is 2.24. The van der Waals surface area contributed by atoms with Gasteiger partial charge in [0.05, 0.1) is 0 Å². The van der Waals surface area contributed by atoms with Gasteiger partial charge in [-0.15, -0.1) is 11.8 Å². The van der Waals surface area contributed by atoms with Crippen molar-refractivity contribution >= 4 is 0 Å². The Balaban J connectivity index is 2.82. The molecule has 0 nitrogen and oxygen atoms in total. The van der Waals surface area contributed by atoms with Gasteiger partial charge in [0.15, 0.2) is 0 Å². The van der Waals surface area contributed by atoms with Crippen molar-refractivity contribution in [1.82, 2.24) is 0 Å². The lowest BCUT2D eigenvalue weighted by Crippen LogP contribution is -1.97. The van der Waals surface area contributed by atoms with Crippen LogP contribution in [-0.2, 0) is 0 Å². The molecule has 0 heterocycles. The first kappa shape index (κ1) is 11.9. The van der Waals surface area contributed by atoms with Crippen molar-refractivity contribution in [3.05, 3.63) is 34.9 Å². The Morgan fingerprint density at radius 3 is 2.60 bits per heavy atom. The first-order valence-electron chi connectivity index (χ1n) is 5.68. The SMILES string of the molecule is CCC#CCC(C)c1cccc(C)c1C. The summed E-state index contributed by atoms with van der Waals surface area (Å²) in [5.74, 6) is 6.91. The Kier molecular flexibility index (Phi) is 4.43. The summed E-state index contributed by atoms with van der Waals surface area (Å²) < 4.78 is 0. The van der Waals surface area contributed by atoms with Crippen molar-refractivity contribution in [3.63, 3.8) is 0 Å². The number of aryl methyl sites for hydroxylation is 1. The zero-order valence-corrected chi connectivity index (χ0v) is 10.2. The molecule has 1 aromatic carbocycles. The average molecular weight is 200 g/mol. The van der Waals surface area contributed by atoms with Crippen LogP contribution in [0.25, 0.3) is 0 Å². The van der Waals surface area contributed by atoms with E-state index in [2.05, 4.69) is 57.7 Å². The van der Waals surface area contributed by atoms with Crippen molar-refractivity contribution < 1.29 is 0 Å². The molecule has 80 valence electrons. The Morgan fingerprint density at radius 2 is 1.93 bits per heavy atom. The number of rotatable bonds is 2. The van der Waals surface area contributed by atoms with Crippen LogP contribution in [0.15, 0.2) is 18.2 Å². The summed E-state index contributed by atoms with van der Waals surface area (Å²) >= 11 is 0. The van der Waals surface area contributed by atoms with Gasteiger partial charge in [-0.3, -0.25) is 0 Å². The molecule has 0 saturated heterocycles. The Bertz CT molecular complexity index is 377. The van der Waals surface area contributed by atoms with E-state index in [0.717, 1.165) is 12.8 Å². The molecule has 0 heteroatoms. The maximum Gasteiger partial charge on any atom is 0.0155 e. The third-order valence-electron chi connectivity index (χ3n) is 2.89. The quantitative estimate of drug-likeness (QED) is 0.627. The van der Waals surface area contributed by atoms with Gasteiger partial charge >= 0.3 is 0 Å². The van der Waals surface area contributed by atoms with Crippen molar-refractivity contribution in [3.8, 4) is 11.8 Å². The maximum absolute atomic E-state index is 3.23. The smallest absolute Gasteiger partial charge is 0.0155 e. The van der Waals surface area contributed by atoms with Crippen molar-refractivity contribution in [1.29, 1.82) is 0 Å². The van der Waals surface area contributed by atoms with Gasteiger partial charge in [-0.05, 0) is 36.5 Å². The van der Waals surface area contributed by atoms with Crippen LogP contribution in [-0.4, -0.2) is 0 Å². The Morgan fingerprint density at radius 1 is 1.20 bits per heavy atom. The number of hydrogen-bond acceptors (Lipinski definition) is 0. The monoisotopic (exact) mass is 200 g/mol. The highest BCUT2D eigenvalue weighted by Gasteiger charge is 2.07.